The molecule has 2 atom stereocenters. The number of anilines is 1. The molecule has 0 bridgehead atoms. The second-order valence-corrected chi connectivity index (χ2v) is 9.90. The molecular formula is C26H24Cl2F3N5O3. The van der Waals surface area contributed by atoms with Gasteiger partial charge in [0.15, 0.2) is 24.4 Å². The molecule has 0 radical (unpaired) electrons. The van der Waals surface area contributed by atoms with E-state index in [9.17, 15) is 13.2 Å². The quantitative estimate of drug-likeness (QED) is 0.247. The summed E-state index contributed by atoms with van der Waals surface area (Å²) in [4.78, 5) is 8.03. The number of aromatic nitrogens is 4. The number of pyridine rings is 2. The van der Waals surface area contributed by atoms with Crippen LogP contribution < -0.4 is 15.2 Å². The lowest BCUT2D eigenvalue weighted by Crippen LogP contribution is -2.20. The SMILES string of the molecule is C[C@@H](Oc1ccc2c(c1)c(-c1cnc(N)c(OCC(F)(F)F)c1)nn2C1CCCCO1)c1c(Cl)cncc1Cl. The molecule has 8 nitrogen and oxygen atoms in total. The Morgan fingerprint density at radius 2 is 1.92 bits per heavy atom. The van der Waals surface area contributed by atoms with Crippen LogP contribution in [0.25, 0.3) is 22.2 Å². The number of halogens is 5. The van der Waals surface area contributed by atoms with Crippen LogP contribution in [0.1, 0.15) is 44.1 Å². The summed E-state index contributed by atoms with van der Waals surface area (Å²) in [5.74, 6) is 0.150. The average Bonchev–Trinajstić information content (AvgIpc) is 3.27. The van der Waals surface area contributed by atoms with E-state index in [0.29, 0.717) is 44.6 Å². The molecule has 0 spiro atoms. The third-order valence-electron chi connectivity index (χ3n) is 6.26. The first-order valence-electron chi connectivity index (χ1n) is 12.2. The number of ether oxygens (including phenoxy) is 3. The van der Waals surface area contributed by atoms with Crippen LogP contribution in [0.5, 0.6) is 11.5 Å². The molecule has 5 rings (SSSR count). The Morgan fingerprint density at radius 1 is 1.15 bits per heavy atom. The van der Waals surface area contributed by atoms with Crippen molar-refractivity contribution in [3.05, 3.63) is 58.5 Å². The van der Waals surface area contributed by atoms with Gasteiger partial charge in [0, 0.05) is 41.7 Å². The van der Waals surface area contributed by atoms with Crippen molar-refractivity contribution in [3.63, 3.8) is 0 Å². The van der Waals surface area contributed by atoms with Gasteiger partial charge < -0.3 is 19.9 Å². The first-order chi connectivity index (χ1) is 18.6. The van der Waals surface area contributed by atoms with Crippen molar-refractivity contribution in [1.29, 1.82) is 0 Å². The molecule has 1 aromatic carbocycles. The van der Waals surface area contributed by atoms with Gasteiger partial charge in [-0.25, -0.2) is 9.67 Å². The van der Waals surface area contributed by atoms with E-state index in [2.05, 4.69) is 9.97 Å². The maximum Gasteiger partial charge on any atom is 0.422 e. The van der Waals surface area contributed by atoms with Crippen LogP contribution in [0.3, 0.4) is 0 Å². The van der Waals surface area contributed by atoms with Crippen LogP contribution in [-0.2, 0) is 4.74 Å². The lowest BCUT2D eigenvalue weighted by atomic mass is 10.1. The van der Waals surface area contributed by atoms with E-state index in [1.54, 1.807) is 16.8 Å². The molecule has 4 heterocycles. The maximum atomic E-state index is 12.8. The van der Waals surface area contributed by atoms with Crippen LogP contribution in [-0.4, -0.2) is 39.1 Å². The zero-order chi connectivity index (χ0) is 27.7. The summed E-state index contributed by atoms with van der Waals surface area (Å²) < 4.78 is 57.2. The molecule has 0 saturated carbocycles. The molecule has 3 aromatic heterocycles. The van der Waals surface area contributed by atoms with E-state index in [-0.39, 0.29) is 17.8 Å². The van der Waals surface area contributed by atoms with Crippen molar-refractivity contribution in [3.8, 4) is 22.8 Å². The lowest BCUT2D eigenvalue weighted by Gasteiger charge is -2.23. The van der Waals surface area contributed by atoms with Gasteiger partial charge >= 0.3 is 6.18 Å². The fourth-order valence-electron chi connectivity index (χ4n) is 4.48. The number of nitrogens with two attached hydrogens (primary N) is 1. The molecule has 13 heteroatoms. The fourth-order valence-corrected chi connectivity index (χ4v) is 5.15. The monoisotopic (exact) mass is 581 g/mol. The van der Waals surface area contributed by atoms with E-state index >= 15 is 0 Å². The van der Waals surface area contributed by atoms with Crippen LogP contribution in [0.4, 0.5) is 19.0 Å². The van der Waals surface area contributed by atoms with Crippen LogP contribution >= 0.6 is 23.2 Å². The predicted octanol–water partition coefficient (Wildman–Crippen LogP) is 7.16. The van der Waals surface area contributed by atoms with Crippen molar-refractivity contribution in [2.45, 2.75) is 44.7 Å². The van der Waals surface area contributed by atoms with Crippen molar-refractivity contribution < 1.29 is 27.4 Å². The summed E-state index contributed by atoms with van der Waals surface area (Å²) in [5, 5.41) is 6.22. The molecule has 39 heavy (non-hydrogen) atoms. The molecule has 1 unspecified atom stereocenters. The molecule has 1 aliphatic rings. The molecular weight excluding hydrogens is 558 g/mol. The number of fused-ring (bicyclic) bond motifs is 1. The Balaban J connectivity index is 1.56. The predicted molar refractivity (Wildman–Crippen MR) is 141 cm³/mol. The fraction of sp³-hybridized carbons (Fsp3) is 0.346. The molecule has 0 aliphatic carbocycles. The molecule has 1 aliphatic heterocycles. The average molecular weight is 582 g/mol. The van der Waals surface area contributed by atoms with Crippen LogP contribution in [0.15, 0.2) is 42.9 Å². The van der Waals surface area contributed by atoms with Gasteiger partial charge in [-0.2, -0.15) is 18.3 Å². The molecule has 0 amide bonds. The second-order valence-electron chi connectivity index (χ2n) is 9.08. The normalized spacial score (nSPS) is 16.8. The number of benzene rings is 1. The number of nitrogen functional groups attached to an aromatic ring is 1. The van der Waals surface area contributed by atoms with Crippen molar-refractivity contribution in [2.24, 2.45) is 0 Å². The van der Waals surface area contributed by atoms with E-state index in [1.165, 1.54) is 24.7 Å². The van der Waals surface area contributed by atoms with Gasteiger partial charge in [-0.3, -0.25) is 4.98 Å². The molecule has 2 N–H and O–H groups in total. The Bertz CT molecular complexity index is 1470. The van der Waals surface area contributed by atoms with E-state index in [0.717, 1.165) is 24.8 Å². The van der Waals surface area contributed by atoms with Gasteiger partial charge in [0.05, 0.1) is 15.6 Å². The van der Waals surface area contributed by atoms with Gasteiger partial charge in [-0.15, -0.1) is 0 Å². The minimum Gasteiger partial charge on any atom is -0.486 e. The van der Waals surface area contributed by atoms with Gasteiger partial charge in [0.25, 0.3) is 0 Å². The zero-order valence-electron chi connectivity index (χ0n) is 20.7. The van der Waals surface area contributed by atoms with E-state index in [4.69, 9.17) is 48.2 Å². The van der Waals surface area contributed by atoms with Crippen molar-refractivity contribution >= 4 is 39.9 Å². The van der Waals surface area contributed by atoms with Crippen molar-refractivity contribution in [2.75, 3.05) is 18.9 Å². The Labute approximate surface area is 231 Å². The van der Waals surface area contributed by atoms with Crippen LogP contribution in [0.2, 0.25) is 10.0 Å². The molecule has 1 fully saturated rings. The molecule has 4 aromatic rings. The van der Waals surface area contributed by atoms with E-state index < -0.39 is 18.9 Å². The summed E-state index contributed by atoms with van der Waals surface area (Å²) in [6, 6.07) is 6.84. The summed E-state index contributed by atoms with van der Waals surface area (Å²) in [5.41, 5.74) is 8.03. The standard InChI is InChI=1S/C26H24Cl2F3N5O3/c1-14(23-18(27)11-33-12-19(23)28)39-16-5-6-20-17(9-16)24(35-36(20)22-4-2-3-7-37-22)15-8-21(25(32)34-10-15)38-13-26(29,30)31/h5-6,8-12,14,22H,2-4,7,13H2,1H3,(H2,32,34)/t14-,22?/m1/s1. The highest BCUT2D eigenvalue weighted by molar-refractivity contribution is 6.35. The van der Waals surface area contributed by atoms with Crippen molar-refractivity contribution in [1.82, 2.24) is 19.7 Å². The summed E-state index contributed by atoms with van der Waals surface area (Å²) in [7, 11) is 0. The Kier molecular flexibility index (Phi) is 7.75. The Morgan fingerprint density at radius 3 is 2.62 bits per heavy atom. The summed E-state index contributed by atoms with van der Waals surface area (Å²) in [6.07, 6.45) is 1.80. The topological polar surface area (TPSA) is 97.3 Å². The highest BCUT2D eigenvalue weighted by Gasteiger charge is 2.29. The van der Waals surface area contributed by atoms with Gasteiger partial charge in [-0.1, -0.05) is 23.2 Å². The highest BCUT2D eigenvalue weighted by Crippen LogP contribution is 2.38. The summed E-state index contributed by atoms with van der Waals surface area (Å²) in [6.45, 7) is 0.918. The molecule has 206 valence electrons. The number of hydrogen-bond donors (Lipinski definition) is 1. The zero-order valence-corrected chi connectivity index (χ0v) is 22.2. The third kappa shape index (κ3) is 6.00. The maximum absolute atomic E-state index is 12.8. The minimum absolute atomic E-state index is 0.161. The Hall–Kier alpha value is -3.28. The first kappa shape index (κ1) is 27.3. The smallest absolute Gasteiger partial charge is 0.422 e. The van der Waals surface area contributed by atoms with Gasteiger partial charge in [0.1, 0.15) is 17.5 Å². The van der Waals surface area contributed by atoms with Crippen LogP contribution in [0, 0.1) is 0 Å². The highest BCUT2D eigenvalue weighted by atomic mass is 35.5. The first-order valence-corrected chi connectivity index (χ1v) is 12.9. The number of nitrogens with zero attached hydrogens (tertiary/aromatic N) is 4. The number of alkyl halides is 3. The lowest BCUT2D eigenvalue weighted by molar-refractivity contribution is -0.153. The molecule has 1 saturated heterocycles. The van der Waals surface area contributed by atoms with E-state index in [1.807, 2.05) is 13.0 Å². The van der Waals surface area contributed by atoms with Gasteiger partial charge in [-0.05, 0) is 50.5 Å². The number of rotatable bonds is 7. The number of hydrogen-bond acceptors (Lipinski definition) is 7. The third-order valence-corrected chi connectivity index (χ3v) is 6.86. The largest absolute Gasteiger partial charge is 0.486 e. The minimum atomic E-state index is -4.53. The summed E-state index contributed by atoms with van der Waals surface area (Å²) >= 11 is 12.6. The second kappa shape index (κ2) is 11.1. The van der Waals surface area contributed by atoms with Gasteiger partial charge in [0.2, 0.25) is 0 Å².